The number of hydrogen-bond donors (Lipinski definition) is 1. The van der Waals surface area contributed by atoms with E-state index in [1.165, 1.54) is 17.0 Å². The van der Waals surface area contributed by atoms with Crippen molar-refractivity contribution in [1.82, 2.24) is 5.43 Å². The van der Waals surface area contributed by atoms with Crippen molar-refractivity contribution in [3.8, 4) is 5.75 Å². The first-order valence-electron chi connectivity index (χ1n) is 9.61. The van der Waals surface area contributed by atoms with Crippen LogP contribution < -0.4 is 15.1 Å². The van der Waals surface area contributed by atoms with Gasteiger partial charge in [0.15, 0.2) is 11.8 Å². The number of nitro benzene ring substituents is 1. The number of ether oxygens (including phenoxy) is 1. The van der Waals surface area contributed by atoms with Crippen LogP contribution >= 0.6 is 11.8 Å². The van der Waals surface area contributed by atoms with E-state index in [9.17, 15) is 19.7 Å². The van der Waals surface area contributed by atoms with Crippen LogP contribution in [-0.4, -0.2) is 34.3 Å². The molecule has 0 saturated carbocycles. The number of thioether (sulfide) groups is 1. The number of benzene rings is 3. The maximum absolute atomic E-state index is 12.4. The Labute approximate surface area is 187 Å². The zero-order valence-electron chi connectivity index (χ0n) is 17.0. The number of amidine groups is 1. The second-order valence-electron chi connectivity index (χ2n) is 6.97. The molecule has 1 heterocycles. The number of nitro groups is 1. The second kappa shape index (κ2) is 9.06. The van der Waals surface area contributed by atoms with Crippen LogP contribution in [0, 0.1) is 17.0 Å². The van der Waals surface area contributed by atoms with Crippen LogP contribution in [0.15, 0.2) is 65.8 Å². The first-order valence-corrected chi connectivity index (χ1v) is 10.6. The number of rotatable bonds is 6. The minimum atomic E-state index is -0.528. The molecule has 10 heteroatoms. The lowest BCUT2D eigenvalue weighted by atomic mass is 10.1. The molecule has 162 valence electrons. The Kier molecular flexibility index (Phi) is 6.04. The molecule has 2 amide bonds. The third-order valence-electron chi connectivity index (χ3n) is 4.78. The molecule has 4 rings (SSSR count). The Balaban J connectivity index is 1.44. The van der Waals surface area contributed by atoms with Crippen LogP contribution in [0.3, 0.4) is 0 Å². The number of amides is 2. The van der Waals surface area contributed by atoms with Gasteiger partial charge in [-0.2, -0.15) is 0 Å². The average molecular weight is 450 g/mol. The van der Waals surface area contributed by atoms with E-state index in [1.54, 1.807) is 19.1 Å². The Bertz CT molecular complexity index is 1260. The lowest BCUT2D eigenvalue weighted by Gasteiger charge is -2.18. The molecule has 1 aliphatic rings. The summed E-state index contributed by atoms with van der Waals surface area (Å²) in [7, 11) is 0. The van der Waals surface area contributed by atoms with Gasteiger partial charge in [0, 0.05) is 12.1 Å². The predicted molar refractivity (Wildman–Crippen MR) is 123 cm³/mol. The number of hydrazone groups is 1. The van der Waals surface area contributed by atoms with E-state index in [0.29, 0.717) is 17.0 Å². The minimum Gasteiger partial charge on any atom is -0.484 e. The van der Waals surface area contributed by atoms with Crippen molar-refractivity contribution in [2.75, 3.05) is 17.3 Å². The van der Waals surface area contributed by atoms with E-state index < -0.39 is 10.8 Å². The Hall–Kier alpha value is -3.92. The van der Waals surface area contributed by atoms with Gasteiger partial charge in [-0.3, -0.25) is 24.6 Å². The summed E-state index contributed by atoms with van der Waals surface area (Å²) in [6.45, 7) is 1.48. The number of nitrogens with one attached hydrogen (secondary N) is 1. The summed E-state index contributed by atoms with van der Waals surface area (Å²) < 4.78 is 5.54. The normalized spacial score (nSPS) is 14.7. The molecule has 9 nitrogen and oxygen atoms in total. The highest BCUT2D eigenvalue weighted by atomic mass is 32.2. The standard InChI is InChI=1S/C22H18N4O5S/c1-14-6-8-17(26(29)30)11-19(14)25-21(28)13-32-22(25)24-23-20(27)12-31-18-9-7-15-4-2-3-5-16(15)10-18/h2-11H,12-13H2,1H3,(H,23,27)/b24-22-. The Morgan fingerprint density at radius 1 is 1.19 bits per heavy atom. The summed E-state index contributed by atoms with van der Waals surface area (Å²) in [6, 6.07) is 17.6. The van der Waals surface area contributed by atoms with Gasteiger partial charge in [0.2, 0.25) is 5.91 Å². The van der Waals surface area contributed by atoms with Gasteiger partial charge in [-0.15, -0.1) is 5.10 Å². The summed E-state index contributed by atoms with van der Waals surface area (Å²) in [5, 5.41) is 17.5. The van der Waals surface area contributed by atoms with Gasteiger partial charge in [0.25, 0.3) is 11.6 Å². The van der Waals surface area contributed by atoms with Crippen molar-refractivity contribution >= 4 is 50.9 Å². The highest BCUT2D eigenvalue weighted by Gasteiger charge is 2.32. The van der Waals surface area contributed by atoms with Crippen molar-refractivity contribution in [3.63, 3.8) is 0 Å². The third-order valence-corrected chi connectivity index (χ3v) is 5.70. The van der Waals surface area contributed by atoms with E-state index in [4.69, 9.17) is 4.74 Å². The van der Waals surface area contributed by atoms with Gasteiger partial charge >= 0.3 is 0 Å². The van der Waals surface area contributed by atoms with Gasteiger partial charge in [-0.1, -0.05) is 48.2 Å². The van der Waals surface area contributed by atoms with Crippen molar-refractivity contribution in [2.45, 2.75) is 6.92 Å². The molecule has 0 atom stereocenters. The molecule has 0 aliphatic carbocycles. The molecule has 0 spiro atoms. The van der Waals surface area contributed by atoms with Crippen LogP contribution in [-0.2, 0) is 9.59 Å². The van der Waals surface area contributed by atoms with E-state index in [0.717, 1.165) is 22.5 Å². The van der Waals surface area contributed by atoms with Crippen molar-refractivity contribution in [2.24, 2.45) is 5.10 Å². The molecule has 32 heavy (non-hydrogen) atoms. The number of carbonyl (C=O) groups is 2. The molecule has 3 aromatic rings. The summed E-state index contributed by atoms with van der Waals surface area (Å²) in [5.41, 5.74) is 3.28. The molecule has 1 fully saturated rings. The van der Waals surface area contributed by atoms with E-state index in [1.807, 2.05) is 36.4 Å². The summed E-state index contributed by atoms with van der Waals surface area (Å²) in [5.74, 6) is -0.115. The van der Waals surface area contributed by atoms with Crippen molar-refractivity contribution < 1.29 is 19.2 Å². The highest BCUT2D eigenvalue weighted by Crippen LogP contribution is 2.32. The summed E-state index contributed by atoms with van der Waals surface area (Å²) >= 11 is 1.14. The Morgan fingerprint density at radius 3 is 2.75 bits per heavy atom. The fourth-order valence-electron chi connectivity index (χ4n) is 3.18. The smallest absolute Gasteiger partial charge is 0.278 e. The van der Waals surface area contributed by atoms with Gasteiger partial charge < -0.3 is 4.74 Å². The minimum absolute atomic E-state index is 0.116. The number of anilines is 1. The van der Waals surface area contributed by atoms with Crippen molar-refractivity contribution in [1.29, 1.82) is 0 Å². The maximum atomic E-state index is 12.4. The predicted octanol–water partition coefficient (Wildman–Crippen LogP) is 3.60. The van der Waals surface area contributed by atoms with Crippen LogP contribution in [0.5, 0.6) is 5.75 Å². The zero-order valence-corrected chi connectivity index (χ0v) is 17.8. The topological polar surface area (TPSA) is 114 Å². The number of non-ortho nitro benzene ring substituents is 1. The Morgan fingerprint density at radius 2 is 1.97 bits per heavy atom. The number of carbonyl (C=O) groups excluding carboxylic acids is 2. The lowest BCUT2D eigenvalue weighted by molar-refractivity contribution is -0.384. The number of aryl methyl sites for hydroxylation is 1. The molecule has 0 bridgehead atoms. The molecule has 1 saturated heterocycles. The molecular formula is C22H18N4O5S. The largest absolute Gasteiger partial charge is 0.484 e. The third kappa shape index (κ3) is 4.54. The molecular weight excluding hydrogens is 432 g/mol. The maximum Gasteiger partial charge on any atom is 0.278 e. The van der Waals surface area contributed by atoms with Gasteiger partial charge in [-0.25, -0.2) is 5.43 Å². The van der Waals surface area contributed by atoms with Crippen LogP contribution in [0.4, 0.5) is 11.4 Å². The quantitative estimate of drug-likeness (QED) is 0.453. The molecule has 0 unspecified atom stereocenters. The lowest BCUT2D eigenvalue weighted by Crippen LogP contribution is -2.33. The van der Waals surface area contributed by atoms with Gasteiger partial charge in [0.05, 0.1) is 16.4 Å². The molecule has 0 aromatic heterocycles. The first kappa shape index (κ1) is 21.3. The number of nitrogens with zero attached hydrogens (tertiary/aromatic N) is 3. The van der Waals surface area contributed by atoms with Crippen molar-refractivity contribution in [3.05, 3.63) is 76.3 Å². The zero-order chi connectivity index (χ0) is 22.7. The fourth-order valence-corrected chi connectivity index (χ4v) is 4.00. The molecule has 1 aliphatic heterocycles. The molecule has 0 radical (unpaired) electrons. The van der Waals surface area contributed by atoms with Gasteiger partial charge in [-0.05, 0) is 35.4 Å². The monoisotopic (exact) mass is 450 g/mol. The molecule has 1 N–H and O–H groups in total. The van der Waals surface area contributed by atoms with E-state index in [2.05, 4.69) is 10.5 Å². The molecule has 3 aromatic carbocycles. The van der Waals surface area contributed by atoms with Crippen LogP contribution in [0.2, 0.25) is 0 Å². The first-order chi connectivity index (χ1) is 15.4. The number of fused-ring (bicyclic) bond motifs is 1. The SMILES string of the molecule is Cc1ccc([N+](=O)[O-])cc1N1C(=O)CS/C1=N\NC(=O)COc1ccc2ccccc2c1. The number of hydrogen-bond acceptors (Lipinski definition) is 7. The summed E-state index contributed by atoms with van der Waals surface area (Å²) in [6.07, 6.45) is 0. The van der Waals surface area contributed by atoms with E-state index >= 15 is 0 Å². The van der Waals surface area contributed by atoms with Gasteiger partial charge in [0.1, 0.15) is 5.75 Å². The van der Waals surface area contributed by atoms with E-state index in [-0.39, 0.29) is 29.1 Å². The van der Waals surface area contributed by atoms with Crippen LogP contribution in [0.1, 0.15) is 5.56 Å². The average Bonchev–Trinajstić information content (AvgIpc) is 3.16. The second-order valence-corrected chi connectivity index (χ2v) is 7.92. The summed E-state index contributed by atoms with van der Waals surface area (Å²) in [4.78, 5) is 36.5. The van der Waals surface area contributed by atoms with Crippen LogP contribution in [0.25, 0.3) is 10.8 Å². The fraction of sp³-hybridized carbons (Fsp3) is 0.136. The highest BCUT2D eigenvalue weighted by molar-refractivity contribution is 8.15.